The summed E-state index contributed by atoms with van der Waals surface area (Å²) >= 11 is 0. The van der Waals surface area contributed by atoms with Gasteiger partial charge < -0.3 is 4.74 Å². The molecule has 1 aromatic rings. The zero-order valence-electron chi connectivity index (χ0n) is 9.17. The van der Waals surface area contributed by atoms with Crippen LogP contribution in [0.2, 0.25) is 0 Å². The monoisotopic (exact) mass is 218 g/mol. The zero-order chi connectivity index (χ0) is 11.4. The molecule has 0 aliphatic carbocycles. The van der Waals surface area contributed by atoms with Crippen LogP contribution >= 0.6 is 0 Å². The van der Waals surface area contributed by atoms with Crippen molar-refractivity contribution >= 4 is 12.2 Å². The Morgan fingerprint density at radius 1 is 1.50 bits per heavy atom. The third kappa shape index (κ3) is 2.21. The van der Waals surface area contributed by atoms with Gasteiger partial charge in [-0.25, -0.2) is 4.79 Å². The van der Waals surface area contributed by atoms with E-state index in [1.165, 1.54) is 7.11 Å². The molecule has 84 valence electrons. The van der Waals surface area contributed by atoms with Gasteiger partial charge in [0.25, 0.3) is 0 Å². The van der Waals surface area contributed by atoms with Gasteiger partial charge in [-0.1, -0.05) is 30.3 Å². The summed E-state index contributed by atoms with van der Waals surface area (Å²) in [7, 11) is 1.40. The predicted molar refractivity (Wildman–Crippen MR) is 60.9 cm³/mol. The fourth-order valence-corrected chi connectivity index (χ4v) is 1.73. The van der Waals surface area contributed by atoms with E-state index >= 15 is 0 Å². The van der Waals surface area contributed by atoms with Gasteiger partial charge in [0.05, 0.1) is 13.7 Å². The van der Waals surface area contributed by atoms with Crippen LogP contribution in [0, 0.1) is 0 Å². The molecule has 4 nitrogen and oxygen atoms in total. The fraction of sp³-hybridized carbons (Fsp3) is 0.333. The molecule has 0 saturated carbocycles. The van der Waals surface area contributed by atoms with Crippen molar-refractivity contribution in [3.63, 3.8) is 0 Å². The van der Waals surface area contributed by atoms with Crippen LogP contribution in [0.15, 0.2) is 35.4 Å². The lowest BCUT2D eigenvalue weighted by Gasteiger charge is -2.21. The Balaban J connectivity index is 2.04. The first-order valence-electron chi connectivity index (χ1n) is 5.22. The lowest BCUT2D eigenvalue weighted by Crippen LogP contribution is -2.34. The van der Waals surface area contributed by atoms with Crippen molar-refractivity contribution in [2.24, 2.45) is 5.10 Å². The molecule has 0 radical (unpaired) electrons. The molecule has 1 aliphatic rings. The van der Waals surface area contributed by atoms with Crippen LogP contribution in [0.4, 0.5) is 0 Å². The van der Waals surface area contributed by atoms with Crippen molar-refractivity contribution in [3.8, 4) is 0 Å². The highest BCUT2D eigenvalue weighted by molar-refractivity contribution is 5.81. The van der Waals surface area contributed by atoms with Crippen molar-refractivity contribution in [2.75, 3.05) is 7.11 Å². The molecule has 0 fully saturated rings. The number of hydrogen-bond donors (Lipinski definition) is 0. The number of methoxy groups -OCH3 is 1. The Labute approximate surface area is 94.5 Å². The fourth-order valence-electron chi connectivity index (χ4n) is 1.73. The third-order valence-corrected chi connectivity index (χ3v) is 2.58. The smallest absolute Gasteiger partial charge is 0.330 e. The molecule has 0 spiro atoms. The van der Waals surface area contributed by atoms with E-state index in [1.807, 2.05) is 30.3 Å². The average Bonchev–Trinajstić information content (AvgIpc) is 2.77. The van der Waals surface area contributed by atoms with E-state index in [-0.39, 0.29) is 12.0 Å². The molecule has 0 N–H and O–H groups in total. The van der Waals surface area contributed by atoms with Crippen molar-refractivity contribution in [1.82, 2.24) is 5.01 Å². The first-order chi connectivity index (χ1) is 7.81. The number of benzene rings is 1. The standard InChI is InChI=1S/C12H14N2O2/c1-16-12(15)11-7-8-13-14(11)9-10-5-3-2-4-6-10/h2-6,8,11H,7,9H2,1H3/t11-/m0/s1. The largest absolute Gasteiger partial charge is 0.467 e. The number of rotatable bonds is 3. The van der Waals surface area contributed by atoms with Gasteiger partial charge in [0.2, 0.25) is 0 Å². The molecule has 16 heavy (non-hydrogen) atoms. The Morgan fingerprint density at radius 2 is 2.25 bits per heavy atom. The Morgan fingerprint density at radius 3 is 2.94 bits per heavy atom. The second kappa shape index (κ2) is 4.79. The molecule has 4 heteroatoms. The summed E-state index contributed by atoms with van der Waals surface area (Å²) in [5, 5.41) is 5.95. The molecular formula is C12H14N2O2. The molecule has 0 aromatic heterocycles. The quantitative estimate of drug-likeness (QED) is 0.720. The summed E-state index contributed by atoms with van der Waals surface area (Å²) in [6, 6.07) is 9.67. The highest BCUT2D eigenvalue weighted by Crippen LogP contribution is 2.16. The van der Waals surface area contributed by atoms with E-state index in [9.17, 15) is 4.79 Å². The Bertz CT molecular complexity index is 389. The van der Waals surface area contributed by atoms with Crippen molar-refractivity contribution < 1.29 is 9.53 Å². The summed E-state index contributed by atoms with van der Waals surface area (Å²) in [4.78, 5) is 11.5. The minimum absolute atomic E-state index is 0.228. The zero-order valence-corrected chi connectivity index (χ0v) is 9.17. The van der Waals surface area contributed by atoms with Gasteiger partial charge in [0.1, 0.15) is 6.04 Å². The van der Waals surface area contributed by atoms with Crippen LogP contribution < -0.4 is 0 Å². The second-order valence-electron chi connectivity index (χ2n) is 3.66. The molecule has 0 unspecified atom stereocenters. The number of carbonyl (C=O) groups is 1. The summed E-state index contributed by atoms with van der Waals surface area (Å²) in [6.07, 6.45) is 2.38. The number of ether oxygens (including phenoxy) is 1. The highest BCUT2D eigenvalue weighted by Gasteiger charge is 2.28. The van der Waals surface area contributed by atoms with Gasteiger partial charge >= 0.3 is 5.97 Å². The predicted octanol–water partition coefficient (Wildman–Crippen LogP) is 1.42. The first-order valence-corrected chi connectivity index (χ1v) is 5.22. The van der Waals surface area contributed by atoms with Crippen LogP contribution in [0.1, 0.15) is 12.0 Å². The van der Waals surface area contributed by atoms with Gasteiger partial charge in [-0.3, -0.25) is 5.01 Å². The third-order valence-electron chi connectivity index (χ3n) is 2.58. The van der Waals surface area contributed by atoms with Gasteiger partial charge in [-0.2, -0.15) is 5.10 Å². The summed E-state index contributed by atoms with van der Waals surface area (Å²) in [5.74, 6) is -0.228. The van der Waals surface area contributed by atoms with E-state index in [4.69, 9.17) is 4.74 Å². The van der Waals surface area contributed by atoms with Crippen molar-refractivity contribution in [2.45, 2.75) is 19.0 Å². The summed E-state index contributed by atoms with van der Waals surface area (Å²) in [6.45, 7) is 0.636. The molecule has 0 amide bonds. The van der Waals surface area contributed by atoms with Crippen LogP contribution in [0.3, 0.4) is 0 Å². The van der Waals surface area contributed by atoms with Crippen LogP contribution in [0.5, 0.6) is 0 Å². The molecule has 1 atom stereocenters. The molecule has 0 bridgehead atoms. The summed E-state index contributed by atoms with van der Waals surface area (Å²) < 4.78 is 4.74. The Kier molecular flexibility index (Phi) is 3.19. The minimum Gasteiger partial charge on any atom is -0.467 e. The van der Waals surface area contributed by atoms with Crippen LogP contribution in [-0.2, 0) is 16.1 Å². The van der Waals surface area contributed by atoms with Gasteiger partial charge in [-0.05, 0) is 5.56 Å². The maximum Gasteiger partial charge on any atom is 0.330 e. The summed E-state index contributed by atoms with van der Waals surface area (Å²) in [5.41, 5.74) is 1.13. The van der Waals surface area contributed by atoms with Crippen molar-refractivity contribution in [1.29, 1.82) is 0 Å². The molecular weight excluding hydrogens is 204 g/mol. The molecule has 0 saturated heterocycles. The highest BCUT2D eigenvalue weighted by atomic mass is 16.5. The van der Waals surface area contributed by atoms with Gasteiger partial charge in [0.15, 0.2) is 0 Å². The van der Waals surface area contributed by atoms with Crippen molar-refractivity contribution in [3.05, 3.63) is 35.9 Å². The number of esters is 1. The van der Waals surface area contributed by atoms with E-state index < -0.39 is 0 Å². The topological polar surface area (TPSA) is 41.9 Å². The van der Waals surface area contributed by atoms with E-state index in [2.05, 4.69) is 5.10 Å². The number of hydrogen-bond acceptors (Lipinski definition) is 4. The molecule has 1 aliphatic heterocycles. The van der Waals surface area contributed by atoms with E-state index in [0.29, 0.717) is 13.0 Å². The van der Waals surface area contributed by atoms with Crippen LogP contribution in [-0.4, -0.2) is 30.3 Å². The molecule has 1 heterocycles. The Hall–Kier alpha value is -1.84. The number of hydrazone groups is 1. The lowest BCUT2D eigenvalue weighted by molar-refractivity contribution is -0.146. The SMILES string of the molecule is COC(=O)[C@@H]1CC=NN1Cc1ccccc1. The molecule has 1 aromatic carbocycles. The average molecular weight is 218 g/mol. The number of carbonyl (C=O) groups excluding carboxylic acids is 1. The first kappa shape index (κ1) is 10.7. The van der Waals surface area contributed by atoms with Gasteiger partial charge in [0, 0.05) is 12.6 Å². The van der Waals surface area contributed by atoms with Gasteiger partial charge in [-0.15, -0.1) is 0 Å². The maximum atomic E-state index is 11.5. The molecule has 2 rings (SSSR count). The maximum absolute atomic E-state index is 11.5. The normalized spacial score (nSPS) is 18.8. The number of nitrogens with zero attached hydrogens (tertiary/aromatic N) is 2. The lowest BCUT2D eigenvalue weighted by atomic mass is 10.2. The van der Waals surface area contributed by atoms with E-state index in [0.717, 1.165) is 5.56 Å². The minimum atomic E-state index is -0.273. The second-order valence-corrected chi connectivity index (χ2v) is 3.66. The van der Waals surface area contributed by atoms with E-state index in [1.54, 1.807) is 11.2 Å². The van der Waals surface area contributed by atoms with Crippen LogP contribution in [0.25, 0.3) is 0 Å².